The van der Waals surface area contributed by atoms with Gasteiger partial charge in [-0.2, -0.15) is 0 Å². The molecular weight excluding hydrogens is 564 g/mol. The van der Waals surface area contributed by atoms with Gasteiger partial charge >= 0.3 is 0 Å². The van der Waals surface area contributed by atoms with Crippen LogP contribution >= 0.6 is 23.2 Å². The van der Waals surface area contributed by atoms with Gasteiger partial charge in [0, 0.05) is 19.5 Å². The summed E-state index contributed by atoms with van der Waals surface area (Å²) >= 11 is 12.3. The number of benzene rings is 3. The lowest BCUT2D eigenvalue weighted by atomic mass is 10.0. The standard InChI is InChI=1S/C28H30Cl2FN3O4S/c1-3-15-32-28(36)26(17-20-9-5-4-6-10-20)33(18-21-13-14-22(29)23(30)16-21)27(35)19-34(39(2,37)38)25-12-8-7-11-24(25)31/h4-14,16,26H,3,15,17-19H2,1-2H3,(H,32,36). The van der Waals surface area contributed by atoms with Crippen molar-refractivity contribution in [2.24, 2.45) is 0 Å². The van der Waals surface area contributed by atoms with Crippen molar-refractivity contribution in [1.82, 2.24) is 10.2 Å². The topological polar surface area (TPSA) is 86.8 Å². The molecule has 2 amide bonds. The van der Waals surface area contributed by atoms with Gasteiger partial charge in [0.1, 0.15) is 18.4 Å². The molecule has 1 atom stereocenters. The van der Waals surface area contributed by atoms with Crippen LogP contribution in [0.15, 0.2) is 72.8 Å². The number of halogens is 3. The largest absolute Gasteiger partial charge is 0.354 e. The van der Waals surface area contributed by atoms with Crippen LogP contribution in [0, 0.1) is 5.82 Å². The third kappa shape index (κ3) is 8.42. The number of anilines is 1. The van der Waals surface area contributed by atoms with Crippen LogP contribution in [0.4, 0.5) is 10.1 Å². The van der Waals surface area contributed by atoms with E-state index < -0.39 is 40.2 Å². The number of hydrogen-bond donors (Lipinski definition) is 1. The van der Waals surface area contributed by atoms with Crippen molar-refractivity contribution in [3.63, 3.8) is 0 Å². The Bertz CT molecular complexity index is 1410. The average Bonchev–Trinajstić information content (AvgIpc) is 2.90. The molecule has 39 heavy (non-hydrogen) atoms. The van der Waals surface area contributed by atoms with Crippen LogP contribution in [-0.2, 0) is 32.6 Å². The number of sulfonamides is 1. The summed E-state index contributed by atoms with van der Waals surface area (Å²) in [5, 5.41) is 3.43. The predicted octanol–water partition coefficient (Wildman–Crippen LogP) is 5.06. The first kappa shape index (κ1) is 30.4. The van der Waals surface area contributed by atoms with E-state index in [1.54, 1.807) is 18.2 Å². The molecule has 0 saturated heterocycles. The number of nitrogens with one attached hydrogen (secondary N) is 1. The van der Waals surface area contributed by atoms with Gasteiger partial charge in [0.2, 0.25) is 21.8 Å². The van der Waals surface area contributed by atoms with Crippen LogP contribution in [0.1, 0.15) is 24.5 Å². The first-order chi connectivity index (χ1) is 18.5. The van der Waals surface area contributed by atoms with E-state index >= 15 is 0 Å². The SMILES string of the molecule is CCCNC(=O)C(Cc1ccccc1)N(Cc1ccc(Cl)c(Cl)c1)C(=O)CN(c1ccccc1F)S(C)(=O)=O. The van der Waals surface area contributed by atoms with Gasteiger partial charge < -0.3 is 10.2 Å². The molecule has 1 N–H and O–H groups in total. The maximum Gasteiger partial charge on any atom is 0.244 e. The Morgan fingerprint density at radius 3 is 2.23 bits per heavy atom. The van der Waals surface area contributed by atoms with E-state index in [1.165, 1.54) is 23.1 Å². The molecule has 3 rings (SSSR count). The number of amides is 2. The van der Waals surface area contributed by atoms with Crippen molar-refractivity contribution in [3.8, 4) is 0 Å². The zero-order valence-electron chi connectivity index (χ0n) is 21.6. The maximum absolute atomic E-state index is 14.6. The number of carbonyl (C=O) groups excluding carboxylic acids is 2. The minimum absolute atomic E-state index is 0.0678. The highest BCUT2D eigenvalue weighted by molar-refractivity contribution is 7.92. The minimum atomic E-state index is -4.07. The molecule has 0 aliphatic rings. The molecular formula is C28H30Cl2FN3O4S. The van der Waals surface area contributed by atoms with Gasteiger partial charge in [-0.3, -0.25) is 13.9 Å². The summed E-state index contributed by atoms with van der Waals surface area (Å²) in [5.74, 6) is -1.89. The van der Waals surface area contributed by atoms with E-state index in [-0.39, 0.29) is 23.7 Å². The number of rotatable bonds is 12. The molecule has 0 bridgehead atoms. The Hall–Kier alpha value is -3.14. The van der Waals surface area contributed by atoms with Crippen molar-refractivity contribution < 1.29 is 22.4 Å². The zero-order chi connectivity index (χ0) is 28.6. The van der Waals surface area contributed by atoms with Crippen LogP contribution in [0.3, 0.4) is 0 Å². The summed E-state index contributed by atoms with van der Waals surface area (Å²) < 4.78 is 40.7. The molecule has 208 valence electrons. The van der Waals surface area contributed by atoms with Crippen molar-refractivity contribution in [2.45, 2.75) is 32.4 Å². The van der Waals surface area contributed by atoms with Gasteiger partial charge in [-0.25, -0.2) is 12.8 Å². The van der Waals surface area contributed by atoms with E-state index in [1.807, 2.05) is 37.3 Å². The Balaban J connectivity index is 2.07. The monoisotopic (exact) mass is 593 g/mol. The van der Waals surface area contributed by atoms with Gasteiger partial charge in [0.25, 0.3) is 0 Å². The Morgan fingerprint density at radius 1 is 0.949 bits per heavy atom. The van der Waals surface area contributed by atoms with Crippen LogP contribution in [0.5, 0.6) is 0 Å². The van der Waals surface area contributed by atoms with E-state index in [0.717, 1.165) is 17.9 Å². The molecule has 0 spiro atoms. The smallest absolute Gasteiger partial charge is 0.244 e. The second kappa shape index (κ2) is 13.8. The average molecular weight is 595 g/mol. The van der Waals surface area contributed by atoms with E-state index in [0.29, 0.717) is 27.9 Å². The highest BCUT2D eigenvalue weighted by Crippen LogP contribution is 2.26. The molecule has 1 unspecified atom stereocenters. The van der Waals surface area contributed by atoms with Crippen LogP contribution in [0.25, 0.3) is 0 Å². The second-order valence-corrected chi connectivity index (χ2v) is 11.7. The summed E-state index contributed by atoms with van der Waals surface area (Å²) in [6.07, 6.45) is 1.74. The second-order valence-electron chi connectivity index (χ2n) is 8.99. The van der Waals surface area contributed by atoms with E-state index in [2.05, 4.69) is 5.32 Å². The highest BCUT2D eigenvalue weighted by Gasteiger charge is 2.33. The van der Waals surface area contributed by atoms with Crippen molar-refractivity contribution in [2.75, 3.05) is 23.7 Å². The Morgan fingerprint density at radius 2 is 1.62 bits per heavy atom. The molecule has 3 aromatic rings. The third-order valence-electron chi connectivity index (χ3n) is 5.96. The molecule has 0 aliphatic carbocycles. The van der Waals surface area contributed by atoms with Gasteiger partial charge in [-0.1, -0.05) is 78.7 Å². The number of para-hydroxylation sites is 1. The van der Waals surface area contributed by atoms with Crippen LogP contribution in [-0.4, -0.2) is 50.5 Å². The lowest BCUT2D eigenvalue weighted by Gasteiger charge is -2.33. The fourth-order valence-electron chi connectivity index (χ4n) is 4.00. The van der Waals surface area contributed by atoms with E-state index in [4.69, 9.17) is 23.2 Å². The molecule has 0 radical (unpaired) electrons. The lowest BCUT2D eigenvalue weighted by molar-refractivity contribution is -0.140. The van der Waals surface area contributed by atoms with Crippen LogP contribution < -0.4 is 9.62 Å². The molecule has 0 heterocycles. The Labute approximate surface area is 238 Å². The summed E-state index contributed by atoms with van der Waals surface area (Å²) in [4.78, 5) is 28.6. The fraction of sp³-hybridized carbons (Fsp3) is 0.286. The fourth-order valence-corrected chi connectivity index (χ4v) is 5.17. The summed E-state index contributed by atoms with van der Waals surface area (Å²) in [6, 6.07) is 18.3. The van der Waals surface area contributed by atoms with Crippen LogP contribution in [0.2, 0.25) is 10.0 Å². The highest BCUT2D eigenvalue weighted by atomic mass is 35.5. The molecule has 0 saturated carbocycles. The predicted molar refractivity (Wildman–Crippen MR) is 153 cm³/mol. The molecule has 0 aliphatic heterocycles. The zero-order valence-corrected chi connectivity index (χ0v) is 23.9. The summed E-state index contributed by atoms with van der Waals surface area (Å²) in [7, 11) is -4.07. The first-order valence-corrected chi connectivity index (χ1v) is 14.9. The van der Waals surface area contributed by atoms with Gasteiger partial charge in [-0.15, -0.1) is 0 Å². The number of carbonyl (C=O) groups is 2. The normalized spacial score (nSPS) is 12.0. The lowest BCUT2D eigenvalue weighted by Crippen LogP contribution is -2.53. The van der Waals surface area contributed by atoms with Gasteiger partial charge in [-0.05, 0) is 41.8 Å². The molecule has 7 nitrogen and oxygen atoms in total. The summed E-state index contributed by atoms with van der Waals surface area (Å²) in [6.45, 7) is 1.52. The van der Waals surface area contributed by atoms with Crippen molar-refractivity contribution >= 4 is 50.7 Å². The quantitative estimate of drug-likeness (QED) is 0.318. The summed E-state index contributed by atoms with van der Waals surface area (Å²) in [5.41, 5.74) is 1.11. The van der Waals surface area contributed by atoms with Crippen molar-refractivity contribution in [1.29, 1.82) is 0 Å². The van der Waals surface area contributed by atoms with Gasteiger partial charge in [0.05, 0.1) is 22.0 Å². The number of nitrogens with zero attached hydrogens (tertiary/aromatic N) is 2. The maximum atomic E-state index is 14.6. The van der Waals surface area contributed by atoms with Crippen molar-refractivity contribution in [3.05, 3.63) is 99.8 Å². The molecule has 11 heteroatoms. The molecule has 3 aromatic carbocycles. The van der Waals surface area contributed by atoms with Gasteiger partial charge in [0.15, 0.2) is 0 Å². The Kier molecular flexibility index (Phi) is 10.7. The number of hydrogen-bond acceptors (Lipinski definition) is 4. The van der Waals surface area contributed by atoms with E-state index in [9.17, 15) is 22.4 Å². The molecule has 0 aromatic heterocycles. The minimum Gasteiger partial charge on any atom is -0.354 e. The first-order valence-electron chi connectivity index (χ1n) is 12.3. The molecule has 0 fully saturated rings. The third-order valence-corrected chi connectivity index (χ3v) is 7.82.